The normalized spacial score (nSPS) is 18.2. The molecule has 2 aromatic carbocycles. The Hall–Kier alpha value is -4.33. The van der Waals surface area contributed by atoms with Crippen LogP contribution in [0.5, 0.6) is 11.5 Å². The first-order chi connectivity index (χ1) is 18.0. The van der Waals surface area contributed by atoms with Crippen molar-refractivity contribution in [2.75, 3.05) is 31.2 Å². The summed E-state index contributed by atoms with van der Waals surface area (Å²) in [5, 5.41) is 11.4. The molecule has 1 atom stereocenters. The number of rotatable bonds is 7. The number of carbonyl (C=O) groups excluding carboxylic acids is 2. The van der Waals surface area contributed by atoms with Crippen molar-refractivity contribution in [3.8, 4) is 11.5 Å². The monoisotopic (exact) mass is 499 g/mol. The Morgan fingerprint density at radius 3 is 2.41 bits per heavy atom. The number of carbonyl (C=O) groups is 2. The molecular weight excluding hydrogens is 470 g/mol. The van der Waals surface area contributed by atoms with Crippen molar-refractivity contribution in [3.05, 3.63) is 89.3 Å². The first-order valence-corrected chi connectivity index (χ1v) is 12.4. The molecule has 1 fully saturated rings. The number of Topliss-reactive ketones (excluding diaryl/α,β-unsaturated/α-hetero) is 1. The highest BCUT2D eigenvalue weighted by molar-refractivity contribution is 6.46. The lowest BCUT2D eigenvalue weighted by molar-refractivity contribution is -0.140. The molecular formula is C29H29N3O5. The Balaban J connectivity index is 1.61. The molecule has 2 aliphatic rings. The van der Waals surface area contributed by atoms with E-state index >= 15 is 0 Å². The minimum absolute atomic E-state index is 0.0354. The van der Waals surface area contributed by atoms with Crippen molar-refractivity contribution >= 4 is 23.1 Å². The molecule has 1 saturated heterocycles. The number of hydrogen-bond donors (Lipinski definition) is 1. The van der Waals surface area contributed by atoms with Crippen LogP contribution >= 0.6 is 0 Å². The molecule has 0 bridgehead atoms. The van der Waals surface area contributed by atoms with Crippen LogP contribution in [0.2, 0.25) is 0 Å². The molecule has 8 heteroatoms. The second kappa shape index (κ2) is 10.3. The maximum absolute atomic E-state index is 13.4. The summed E-state index contributed by atoms with van der Waals surface area (Å²) in [5.74, 6) is -0.611. The molecule has 5 rings (SSSR count). The summed E-state index contributed by atoms with van der Waals surface area (Å²) in [4.78, 5) is 34.7. The van der Waals surface area contributed by atoms with Gasteiger partial charge in [-0.05, 0) is 61.9 Å². The number of aliphatic hydroxyl groups excluding tert-OH is 1. The van der Waals surface area contributed by atoms with Gasteiger partial charge in [-0.3, -0.25) is 14.6 Å². The van der Waals surface area contributed by atoms with E-state index in [0.717, 1.165) is 24.3 Å². The van der Waals surface area contributed by atoms with E-state index in [-0.39, 0.29) is 17.9 Å². The van der Waals surface area contributed by atoms with Crippen LogP contribution in [0.4, 0.5) is 5.69 Å². The number of amides is 1. The van der Waals surface area contributed by atoms with Crippen molar-refractivity contribution in [1.29, 1.82) is 0 Å². The summed E-state index contributed by atoms with van der Waals surface area (Å²) < 4.78 is 11.2. The zero-order valence-electron chi connectivity index (χ0n) is 20.9. The number of anilines is 1. The Labute approximate surface area is 215 Å². The third kappa shape index (κ3) is 4.62. The van der Waals surface area contributed by atoms with E-state index in [2.05, 4.69) is 23.7 Å². The zero-order chi connectivity index (χ0) is 25.9. The summed E-state index contributed by atoms with van der Waals surface area (Å²) in [5.41, 5.74) is 2.83. The fourth-order valence-corrected chi connectivity index (χ4v) is 4.86. The minimum atomic E-state index is -0.777. The summed E-state index contributed by atoms with van der Waals surface area (Å²) in [6.45, 7) is 6.87. The van der Waals surface area contributed by atoms with E-state index in [4.69, 9.17) is 9.47 Å². The van der Waals surface area contributed by atoms with Crippen LogP contribution in [0.15, 0.2) is 72.4 Å². The first-order valence-electron chi connectivity index (χ1n) is 12.4. The molecule has 0 spiro atoms. The highest BCUT2D eigenvalue weighted by atomic mass is 16.6. The van der Waals surface area contributed by atoms with Crippen LogP contribution in [0, 0.1) is 0 Å². The van der Waals surface area contributed by atoms with Gasteiger partial charge in [0.15, 0.2) is 11.5 Å². The Morgan fingerprint density at radius 1 is 1.00 bits per heavy atom. The molecule has 3 heterocycles. The van der Waals surface area contributed by atoms with Crippen LogP contribution in [-0.2, 0) is 16.1 Å². The second-order valence-corrected chi connectivity index (χ2v) is 8.87. The molecule has 2 aliphatic heterocycles. The van der Waals surface area contributed by atoms with Gasteiger partial charge in [-0.1, -0.05) is 18.2 Å². The van der Waals surface area contributed by atoms with Crippen molar-refractivity contribution in [1.82, 2.24) is 9.88 Å². The standard InChI is InChI=1S/C29H29N3O5/c1-3-31(4-2)22-11-8-19(9-12-22)26-25(27(33)20-10-13-23-24(17-20)37-16-15-36-23)28(34)29(35)32(26)18-21-7-5-6-14-30-21/h5-14,17,26,33H,3-4,15-16,18H2,1-2H3/b27-25-. The quantitative estimate of drug-likeness (QED) is 0.294. The third-order valence-corrected chi connectivity index (χ3v) is 6.75. The number of likely N-dealkylation sites (tertiary alicyclic amines) is 1. The van der Waals surface area contributed by atoms with Gasteiger partial charge in [0.1, 0.15) is 19.0 Å². The number of ether oxygens (including phenoxy) is 2. The van der Waals surface area contributed by atoms with Gasteiger partial charge in [-0.15, -0.1) is 0 Å². The van der Waals surface area contributed by atoms with Crippen LogP contribution in [0.3, 0.4) is 0 Å². The maximum atomic E-state index is 13.4. The summed E-state index contributed by atoms with van der Waals surface area (Å²) >= 11 is 0. The number of hydrogen-bond acceptors (Lipinski definition) is 7. The fraction of sp³-hybridized carbons (Fsp3) is 0.276. The van der Waals surface area contributed by atoms with E-state index in [1.807, 2.05) is 30.3 Å². The summed E-state index contributed by atoms with van der Waals surface area (Å²) in [6.07, 6.45) is 1.65. The smallest absolute Gasteiger partial charge is 0.296 e. The molecule has 1 N–H and O–H groups in total. The number of aromatic nitrogens is 1. The number of fused-ring (bicyclic) bond motifs is 1. The van der Waals surface area contributed by atoms with E-state index < -0.39 is 17.7 Å². The van der Waals surface area contributed by atoms with Crippen LogP contribution < -0.4 is 14.4 Å². The Bertz CT molecular complexity index is 1330. The predicted molar refractivity (Wildman–Crippen MR) is 140 cm³/mol. The molecule has 3 aromatic rings. The molecule has 190 valence electrons. The van der Waals surface area contributed by atoms with Crippen molar-refractivity contribution < 1.29 is 24.2 Å². The van der Waals surface area contributed by atoms with Gasteiger partial charge in [0, 0.05) is 30.5 Å². The zero-order valence-corrected chi connectivity index (χ0v) is 20.9. The SMILES string of the molecule is CCN(CC)c1ccc(C2/C(=C(/O)c3ccc4c(c3)OCCO4)C(=O)C(=O)N2Cc2ccccn2)cc1. The molecule has 0 aliphatic carbocycles. The van der Waals surface area contributed by atoms with Gasteiger partial charge < -0.3 is 24.4 Å². The number of benzene rings is 2. The fourth-order valence-electron chi connectivity index (χ4n) is 4.86. The lowest BCUT2D eigenvalue weighted by atomic mass is 9.94. The molecule has 37 heavy (non-hydrogen) atoms. The van der Waals surface area contributed by atoms with Gasteiger partial charge in [-0.25, -0.2) is 0 Å². The lowest BCUT2D eigenvalue weighted by Crippen LogP contribution is -2.29. The molecule has 1 amide bonds. The minimum Gasteiger partial charge on any atom is -0.507 e. The van der Waals surface area contributed by atoms with E-state index in [1.165, 1.54) is 4.90 Å². The number of aliphatic hydroxyl groups is 1. The summed E-state index contributed by atoms with van der Waals surface area (Å²) in [6, 6.07) is 17.4. The predicted octanol–water partition coefficient (Wildman–Crippen LogP) is 4.32. The van der Waals surface area contributed by atoms with E-state index in [9.17, 15) is 14.7 Å². The Morgan fingerprint density at radius 2 is 1.73 bits per heavy atom. The molecule has 8 nitrogen and oxygen atoms in total. The van der Waals surface area contributed by atoms with Crippen molar-refractivity contribution in [2.45, 2.75) is 26.4 Å². The van der Waals surface area contributed by atoms with E-state index in [1.54, 1.807) is 36.5 Å². The van der Waals surface area contributed by atoms with Gasteiger partial charge in [0.25, 0.3) is 11.7 Å². The second-order valence-electron chi connectivity index (χ2n) is 8.87. The Kier molecular flexibility index (Phi) is 6.81. The average Bonchev–Trinajstić information content (AvgIpc) is 3.19. The number of nitrogens with zero attached hydrogens (tertiary/aromatic N) is 3. The molecule has 1 unspecified atom stereocenters. The lowest BCUT2D eigenvalue weighted by Gasteiger charge is -2.26. The number of ketones is 1. The van der Waals surface area contributed by atoms with Crippen molar-refractivity contribution in [2.24, 2.45) is 0 Å². The summed E-state index contributed by atoms with van der Waals surface area (Å²) in [7, 11) is 0. The first kappa shape index (κ1) is 24.4. The highest BCUT2D eigenvalue weighted by Gasteiger charge is 2.46. The van der Waals surface area contributed by atoms with Gasteiger partial charge in [-0.2, -0.15) is 0 Å². The van der Waals surface area contributed by atoms with E-state index in [0.29, 0.717) is 36.0 Å². The van der Waals surface area contributed by atoms with Gasteiger partial charge >= 0.3 is 0 Å². The van der Waals surface area contributed by atoms with Crippen molar-refractivity contribution in [3.63, 3.8) is 0 Å². The van der Waals surface area contributed by atoms with Crippen LogP contribution in [0.25, 0.3) is 5.76 Å². The topological polar surface area (TPSA) is 92.2 Å². The largest absolute Gasteiger partial charge is 0.507 e. The molecule has 1 aromatic heterocycles. The van der Waals surface area contributed by atoms with Crippen LogP contribution in [-0.4, -0.2) is 53.0 Å². The van der Waals surface area contributed by atoms with Crippen LogP contribution in [0.1, 0.15) is 36.7 Å². The average molecular weight is 500 g/mol. The maximum Gasteiger partial charge on any atom is 0.296 e. The molecule has 0 radical (unpaired) electrons. The van der Waals surface area contributed by atoms with Gasteiger partial charge in [0.05, 0.1) is 23.9 Å². The molecule has 0 saturated carbocycles. The number of pyridine rings is 1. The van der Waals surface area contributed by atoms with Gasteiger partial charge in [0.2, 0.25) is 0 Å². The third-order valence-electron chi connectivity index (χ3n) is 6.75. The highest BCUT2D eigenvalue weighted by Crippen LogP contribution is 2.42.